The molecular formula is C25H30ClF3N4O4S. The van der Waals surface area contributed by atoms with Gasteiger partial charge in [0.05, 0.1) is 27.1 Å². The third-order valence-electron chi connectivity index (χ3n) is 5.85. The number of hydrogen-bond donors (Lipinski definition) is 2. The SMILES string of the molecule is CCN(CC(C)C)[C@@H](CNC(=O)c1ccc(Cl)s1)C(=O)Nc1ccc(N2CCOCC2=O)c(C(F)(F)F)c1. The Morgan fingerprint density at radius 3 is 2.55 bits per heavy atom. The normalized spacial score (nSPS) is 15.2. The maximum absolute atomic E-state index is 14.0. The number of carbonyl (C=O) groups is 3. The number of thiophene rings is 1. The van der Waals surface area contributed by atoms with Gasteiger partial charge in [0.1, 0.15) is 12.6 Å². The third kappa shape index (κ3) is 7.68. The summed E-state index contributed by atoms with van der Waals surface area (Å²) in [4.78, 5) is 41.4. The van der Waals surface area contributed by atoms with Crippen molar-refractivity contribution in [2.24, 2.45) is 5.92 Å². The Morgan fingerprint density at radius 2 is 1.97 bits per heavy atom. The zero-order valence-electron chi connectivity index (χ0n) is 21.2. The standard InChI is InChI=1S/C25H30ClF3N4O4S/c1-4-32(13-15(2)3)19(12-30-24(36)20-7-8-21(26)38-20)23(35)31-16-5-6-18(17(11-16)25(27,28)29)33-9-10-37-14-22(33)34/h5-8,11,15,19H,4,9-10,12-14H2,1-3H3,(H,30,36)(H,31,35)/t19-/m0/s1. The second-order valence-corrected chi connectivity index (χ2v) is 10.8. The summed E-state index contributed by atoms with van der Waals surface area (Å²) in [6.07, 6.45) is -4.77. The van der Waals surface area contributed by atoms with E-state index in [-0.39, 0.29) is 43.6 Å². The van der Waals surface area contributed by atoms with Gasteiger partial charge in [0, 0.05) is 25.3 Å². The average Bonchev–Trinajstić information content (AvgIpc) is 3.29. The van der Waals surface area contributed by atoms with Crippen molar-refractivity contribution in [2.45, 2.75) is 33.0 Å². The maximum atomic E-state index is 14.0. The van der Waals surface area contributed by atoms with E-state index in [1.165, 1.54) is 12.1 Å². The highest BCUT2D eigenvalue weighted by molar-refractivity contribution is 7.18. The zero-order chi connectivity index (χ0) is 28.0. The van der Waals surface area contributed by atoms with E-state index in [0.717, 1.165) is 22.3 Å². The van der Waals surface area contributed by atoms with E-state index in [1.54, 1.807) is 12.1 Å². The molecule has 1 saturated heterocycles. The number of ether oxygens (including phenoxy) is 1. The molecule has 2 aromatic rings. The largest absolute Gasteiger partial charge is 0.418 e. The first-order valence-corrected chi connectivity index (χ1v) is 13.3. The number of morpholine rings is 1. The van der Waals surface area contributed by atoms with Crippen LogP contribution in [0, 0.1) is 5.92 Å². The Kier molecular flexibility index (Phi) is 10.2. The van der Waals surface area contributed by atoms with Gasteiger partial charge in [0.25, 0.3) is 11.8 Å². The highest BCUT2D eigenvalue weighted by Crippen LogP contribution is 2.39. The average molecular weight is 575 g/mol. The minimum absolute atomic E-state index is 0.00843. The number of rotatable bonds is 10. The highest BCUT2D eigenvalue weighted by Gasteiger charge is 2.37. The van der Waals surface area contributed by atoms with Crippen LogP contribution in [-0.4, -0.2) is 68.1 Å². The molecule has 0 bridgehead atoms. The number of nitrogens with zero attached hydrogens (tertiary/aromatic N) is 2. The fourth-order valence-corrected chi connectivity index (χ4v) is 5.08. The summed E-state index contributed by atoms with van der Waals surface area (Å²) in [5.74, 6) is -1.35. The number of carbonyl (C=O) groups excluding carboxylic acids is 3. The van der Waals surface area contributed by atoms with E-state index in [0.29, 0.717) is 22.3 Å². The summed E-state index contributed by atoms with van der Waals surface area (Å²) >= 11 is 7.01. The minimum atomic E-state index is -4.77. The number of nitrogens with one attached hydrogen (secondary N) is 2. The highest BCUT2D eigenvalue weighted by atomic mass is 35.5. The Hall–Kier alpha value is -2.67. The fraction of sp³-hybridized carbons (Fsp3) is 0.480. The molecule has 1 fully saturated rings. The molecule has 0 spiro atoms. The predicted octanol–water partition coefficient (Wildman–Crippen LogP) is 4.50. The van der Waals surface area contributed by atoms with Crippen molar-refractivity contribution in [2.75, 3.05) is 49.6 Å². The molecule has 1 aromatic carbocycles. The third-order valence-corrected chi connectivity index (χ3v) is 7.08. The van der Waals surface area contributed by atoms with Crippen molar-refractivity contribution in [3.05, 3.63) is 45.1 Å². The van der Waals surface area contributed by atoms with Gasteiger partial charge in [-0.3, -0.25) is 19.3 Å². The van der Waals surface area contributed by atoms with E-state index in [1.807, 2.05) is 25.7 Å². The van der Waals surface area contributed by atoms with Gasteiger partial charge in [-0.25, -0.2) is 0 Å². The van der Waals surface area contributed by atoms with Crippen LogP contribution < -0.4 is 15.5 Å². The van der Waals surface area contributed by atoms with Gasteiger partial charge in [-0.1, -0.05) is 32.4 Å². The van der Waals surface area contributed by atoms with E-state index in [4.69, 9.17) is 16.3 Å². The molecule has 1 aromatic heterocycles. The lowest BCUT2D eigenvalue weighted by atomic mass is 10.1. The van der Waals surface area contributed by atoms with Crippen LogP contribution in [-0.2, 0) is 20.5 Å². The number of halogens is 4. The van der Waals surface area contributed by atoms with E-state index in [9.17, 15) is 27.6 Å². The summed E-state index contributed by atoms with van der Waals surface area (Å²) in [6.45, 7) is 6.57. The summed E-state index contributed by atoms with van der Waals surface area (Å²) in [6, 6.07) is 5.63. The van der Waals surface area contributed by atoms with Crippen molar-refractivity contribution in [1.29, 1.82) is 0 Å². The first-order chi connectivity index (χ1) is 17.9. The second kappa shape index (κ2) is 12.9. The first kappa shape index (κ1) is 29.9. The molecule has 208 valence electrons. The maximum Gasteiger partial charge on any atom is 0.418 e. The molecule has 1 atom stereocenters. The minimum Gasteiger partial charge on any atom is -0.370 e. The molecule has 8 nitrogen and oxygen atoms in total. The van der Waals surface area contributed by atoms with Crippen LogP contribution in [0.1, 0.15) is 36.0 Å². The van der Waals surface area contributed by atoms with Crippen LogP contribution >= 0.6 is 22.9 Å². The smallest absolute Gasteiger partial charge is 0.370 e. The quantitative estimate of drug-likeness (QED) is 0.436. The summed E-state index contributed by atoms with van der Waals surface area (Å²) < 4.78 is 47.3. The molecule has 38 heavy (non-hydrogen) atoms. The van der Waals surface area contributed by atoms with Crippen LogP contribution in [0.15, 0.2) is 30.3 Å². The number of likely N-dealkylation sites (N-methyl/N-ethyl adjacent to an activating group) is 1. The Balaban J connectivity index is 1.84. The zero-order valence-corrected chi connectivity index (χ0v) is 22.8. The lowest BCUT2D eigenvalue weighted by Gasteiger charge is -2.32. The molecule has 2 N–H and O–H groups in total. The summed E-state index contributed by atoms with van der Waals surface area (Å²) in [5, 5.41) is 5.31. The van der Waals surface area contributed by atoms with Gasteiger partial charge in [-0.2, -0.15) is 13.2 Å². The van der Waals surface area contributed by atoms with Gasteiger partial charge in [-0.15, -0.1) is 11.3 Å². The molecule has 0 aliphatic carbocycles. The Bertz CT molecular complexity index is 1160. The molecule has 2 heterocycles. The lowest BCUT2D eigenvalue weighted by Crippen LogP contribution is -2.51. The van der Waals surface area contributed by atoms with E-state index < -0.39 is 35.5 Å². The van der Waals surface area contributed by atoms with Gasteiger partial charge < -0.3 is 20.3 Å². The molecule has 1 aliphatic heterocycles. The number of alkyl halides is 3. The van der Waals surface area contributed by atoms with Crippen molar-refractivity contribution in [1.82, 2.24) is 10.2 Å². The topological polar surface area (TPSA) is 91.0 Å². The molecule has 3 rings (SSSR count). The number of hydrogen-bond acceptors (Lipinski definition) is 6. The Labute approximate surface area is 228 Å². The molecule has 0 saturated carbocycles. The van der Waals surface area contributed by atoms with Crippen LogP contribution in [0.3, 0.4) is 0 Å². The Morgan fingerprint density at radius 1 is 1.24 bits per heavy atom. The van der Waals surface area contributed by atoms with Gasteiger partial charge in [0.2, 0.25) is 5.91 Å². The van der Waals surface area contributed by atoms with Gasteiger partial charge >= 0.3 is 6.18 Å². The first-order valence-electron chi connectivity index (χ1n) is 12.1. The van der Waals surface area contributed by atoms with Crippen LogP contribution in [0.2, 0.25) is 4.34 Å². The molecule has 0 radical (unpaired) electrons. The summed E-state index contributed by atoms with van der Waals surface area (Å²) in [7, 11) is 0. The monoisotopic (exact) mass is 574 g/mol. The van der Waals surface area contributed by atoms with E-state index in [2.05, 4.69) is 10.6 Å². The molecule has 3 amide bonds. The summed E-state index contributed by atoms with van der Waals surface area (Å²) in [5.41, 5.74) is -1.41. The number of amides is 3. The molecule has 0 unspecified atom stereocenters. The molecular weight excluding hydrogens is 545 g/mol. The fourth-order valence-electron chi connectivity index (χ4n) is 4.12. The van der Waals surface area contributed by atoms with Crippen molar-refractivity contribution in [3.8, 4) is 0 Å². The van der Waals surface area contributed by atoms with Crippen LogP contribution in [0.4, 0.5) is 24.5 Å². The van der Waals surface area contributed by atoms with Crippen LogP contribution in [0.25, 0.3) is 0 Å². The van der Waals surface area contributed by atoms with E-state index >= 15 is 0 Å². The molecule has 13 heteroatoms. The van der Waals surface area contributed by atoms with Crippen molar-refractivity contribution >= 4 is 52.0 Å². The number of benzene rings is 1. The van der Waals surface area contributed by atoms with Crippen molar-refractivity contribution < 1.29 is 32.3 Å². The van der Waals surface area contributed by atoms with Gasteiger partial charge in [-0.05, 0) is 42.8 Å². The van der Waals surface area contributed by atoms with Crippen LogP contribution in [0.5, 0.6) is 0 Å². The molecule has 1 aliphatic rings. The predicted molar refractivity (Wildman–Crippen MR) is 141 cm³/mol. The second-order valence-electron chi connectivity index (χ2n) is 9.13. The van der Waals surface area contributed by atoms with Crippen molar-refractivity contribution in [3.63, 3.8) is 0 Å². The van der Waals surface area contributed by atoms with Gasteiger partial charge in [0.15, 0.2) is 0 Å². The number of anilines is 2. The lowest BCUT2D eigenvalue weighted by molar-refractivity contribution is -0.137.